The first-order valence-corrected chi connectivity index (χ1v) is 8.88. The number of aromatic carboxylic acids is 1. The van der Waals surface area contributed by atoms with E-state index in [0.717, 1.165) is 22.9 Å². The molecule has 0 unspecified atom stereocenters. The number of aromatic nitrogens is 1. The molecule has 0 amide bonds. The number of ether oxygens (including phenoxy) is 1. The Bertz CT molecular complexity index is 635. The second kappa shape index (κ2) is 12.4. The van der Waals surface area contributed by atoms with E-state index in [0.29, 0.717) is 5.75 Å². The molecule has 24 heavy (non-hydrogen) atoms. The van der Waals surface area contributed by atoms with Crippen LogP contribution in [0.15, 0.2) is 41.4 Å². The first-order chi connectivity index (χ1) is 11.6. The molecule has 0 fully saturated rings. The second-order valence-corrected chi connectivity index (χ2v) is 5.16. The number of benzene rings is 1. The summed E-state index contributed by atoms with van der Waals surface area (Å²) >= 11 is 1.64. The van der Waals surface area contributed by atoms with Crippen LogP contribution in [-0.4, -0.2) is 21.8 Å². The Morgan fingerprint density at radius 1 is 1.25 bits per heavy atom. The molecule has 0 saturated heterocycles. The molecule has 0 aliphatic rings. The third-order valence-corrected chi connectivity index (χ3v) is 3.26. The normalized spacial score (nSPS) is 9.08. The largest absolute Gasteiger partial charge is 0.477 e. The molecule has 1 N–H and O–H groups in total. The molecule has 4 nitrogen and oxygen atoms in total. The Morgan fingerprint density at radius 3 is 2.50 bits per heavy atom. The molecule has 0 spiro atoms. The van der Waals surface area contributed by atoms with Crippen molar-refractivity contribution < 1.29 is 19.0 Å². The van der Waals surface area contributed by atoms with Crippen LogP contribution in [0.2, 0.25) is 0 Å². The predicted octanol–water partition coefficient (Wildman–Crippen LogP) is 5.88. The number of carboxylic acid groups (broad SMARTS) is 1. The highest BCUT2D eigenvalue weighted by atomic mass is 32.2. The quantitative estimate of drug-likeness (QED) is 0.681. The van der Waals surface area contributed by atoms with Crippen LogP contribution < -0.4 is 4.74 Å². The summed E-state index contributed by atoms with van der Waals surface area (Å²) in [6.07, 6.45) is 0.923. The second-order valence-electron chi connectivity index (χ2n) is 3.82. The van der Waals surface area contributed by atoms with Gasteiger partial charge < -0.3 is 9.84 Å². The SMILES string of the molecule is CC.CC.CCSc1cccc(Oc2ncc(F)cc2C(=O)O)c1. The summed E-state index contributed by atoms with van der Waals surface area (Å²) in [6, 6.07) is 8.09. The molecule has 2 aromatic rings. The molecule has 0 aliphatic heterocycles. The summed E-state index contributed by atoms with van der Waals surface area (Å²) < 4.78 is 18.5. The zero-order valence-corrected chi connectivity index (χ0v) is 15.5. The summed E-state index contributed by atoms with van der Waals surface area (Å²) in [5.74, 6) is -0.753. The van der Waals surface area contributed by atoms with Crippen molar-refractivity contribution in [2.75, 3.05) is 5.75 Å². The van der Waals surface area contributed by atoms with Crippen molar-refractivity contribution >= 4 is 17.7 Å². The van der Waals surface area contributed by atoms with E-state index in [9.17, 15) is 9.18 Å². The van der Waals surface area contributed by atoms with E-state index in [4.69, 9.17) is 9.84 Å². The zero-order valence-electron chi connectivity index (χ0n) is 14.7. The lowest BCUT2D eigenvalue weighted by molar-refractivity contribution is 0.0692. The fourth-order valence-corrected chi connectivity index (χ4v) is 2.27. The van der Waals surface area contributed by atoms with Gasteiger partial charge in [-0.1, -0.05) is 40.7 Å². The number of hydrogen-bond acceptors (Lipinski definition) is 4. The molecule has 2 rings (SSSR count). The van der Waals surface area contributed by atoms with Crippen molar-refractivity contribution in [2.45, 2.75) is 39.5 Å². The highest BCUT2D eigenvalue weighted by Crippen LogP contribution is 2.27. The van der Waals surface area contributed by atoms with Gasteiger partial charge >= 0.3 is 5.97 Å². The number of rotatable bonds is 5. The van der Waals surface area contributed by atoms with Crippen LogP contribution in [0.4, 0.5) is 4.39 Å². The summed E-state index contributed by atoms with van der Waals surface area (Å²) in [6.45, 7) is 10.0. The van der Waals surface area contributed by atoms with Gasteiger partial charge in [-0.3, -0.25) is 0 Å². The monoisotopic (exact) mass is 353 g/mol. The fraction of sp³-hybridized carbons (Fsp3) is 0.333. The third kappa shape index (κ3) is 7.00. The molecule has 1 heterocycles. The van der Waals surface area contributed by atoms with Gasteiger partial charge in [0.25, 0.3) is 0 Å². The number of carbonyl (C=O) groups is 1. The third-order valence-electron chi connectivity index (χ3n) is 2.38. The topological polar surface area (TPSA) is 59.4 Å². The molecule has 0 bridgehead atoms. The Balaban J connectivity index is 0.00000123. The molecular formula is C18H24FNO3S. The lowest BCUT2D eigenvalue weighted by Gasteiger charge is -2.08. The highest BCUT2D eigenvalue weighted by Gasteiger charge is 2.15. The summed E-state index contributed by atoms with van der Waals surface area (Å²) in [5, 5.41) is 9.02. The van der Waals surface area contributed by atoms with Gasteiger partial charge in [-0.05, 0) is 30.0 Å². The van der Waals surface area contributed by atoms with Crippen molar-refractivity contribution in [3.05, 3.63) is 47.9 Å². The maximum Gasteiger partial charge on any atom is 0.341 e. The number of halogens is 1. The van der Waals surface area contributed by atoms with Crippen LogP contribution in [0.25, 0.3) is 0 Å². The standard InChI is InChI=1S/C14H12FNO3S.2C2H6/c1-2-20-11-5-3-4-10(7-11)19-13-12(14(17)18)6-9(15)8-16-13;2*1-2/h3-8H,2H2,1H3,(H,17,18);2*1-2H3. The molecule has 0 radical (unpaired) electrons. The van der Waals surface area contributed by atoms with E-state index in [1.165, 1.54) is 0 Å². The number of nitrogens with zero attached hydrogens (tertiary/aromatic N) is 1. The van der Waals surface area contributed by atoms with Gasteiger partial charge in [0, 0.05) is 4.90 Å². The minimum absolute atomic E-state index is 0.127. The van der Waals surface area contributed by atoms with Gasteiger partial charge in [0.1, 0.15) is 17.1 Å². The van der Waals surface area contributed by atoms with Crippen LogP contribution >= 0.6 is 11.8 Å². The Kier molecular flexibility index (Phi) is 11.3. The van der Waals surface area contributed by atoms with Crippen molar-refractivity contribution in [1.29, 1.82) is 0 Å². The van der Waals surface area contributed by atoms with Gasteiger partial charge in [-0.25, -0.2) is 14.2 Å². The number of pyridine rings is 1. The van der Waals surface area contributed by atoms with Crippen molar-refractivity contribution in [3.63, 3.8) is 0 Å². The molecule has 6 heteroatoms. The van der Waals surface area contributed by atoms with Crippen molar-refractivity contribution in [3.8, 4) is 11.6 Å². The molecule has 0 aliphatic carbocycles. The predicted molar refractivity (Wildman–Crippen MR) is 96.8 cm³/mol. The van der Waals surface area contributed by atoms with Crippen LogP contribution in [0.5, 0.6) is 11.6 Å². The van der Waals surface area contributed by atoms with E-state index in [1.807, 2.05) is 40.7 Å². The number of hydrogen-bond donors (Lipinski definition) is 1. The maximum atomic E-state index is 13.0. The molecule has 132 valence electrons. The van der Waals surface area contributed by atoms with E-state index >= 15 is 0 Å². The smallest absolute Gasteiger partial charge is 0.341 e. The van der Waals surface area contributed by atoms with Crippen LogP contribution in [-0.2, 0) is 0 Å². The van der Waals surface area contributed by atoms with Crippen LogP contribution in [0.3, 0.4) is 0 Å². The molecular weight excluding hydrogens is 329 g/mol. The van der Waals surface area contributed by atoms with Gasteiger partial charge in [-0.2, -0.15) is 0 Å². The number of thioether (sulfide) groups is 1. The molecule has 1 aromatic heterocycles. The summed E-state index contributed by atoms with van der Waals surface area (Å²) in [5.41, 5.74) is -0.307. The van der Waals surface area contributed by atoms with Gasteiger partial charge in [0.2, 0.25) is 5.88 Å². The first-order valence-electron chi connectivity index (χ1n) is 7.89. The lowest BCUT2D eigenvalue weighted by atomic mass is 10.2. The highest BCUT2D eigenvalue weighted by molar-refractivity contribution is 7.99. The van der Waals surface area contributed by atoms with Crippen molar-refractivity contribution in [1.82, 2.24) is 4.98 Å². The van der Waals surface area contributed by atoms with Gasteiger partial charge in [-0.15, -0.1) is 11.8 Å². The molecule has 0 atom stereocenters. The molecule has 1 aromatic carbocycles. The van der Waals surface area contributed by atoms with E-state index in [-0.39, 0.29) is 11.4 Å². The minimum atomic E-state index is -1.29. The van der Waals surface area contributed by atoms with E-state index in [1.54, 1.807) is 30.0 Å². The first kappa shape index (κ1) is 21.9. The summed E-state index contributed by atoms with van der Waals surface area (Å²) in [7, 11) is 0. The van der Waals surface area contributed by atoms with Gasteiger partial charge in [0.15, 0.2) is 0 Å². The van der Waals surface area contributed by atoms with E-state index < -0.39 is 11.8 Å². The fourth-order valence-electron chi connectivity index (χ4n) is 1.57. The van der Waals surface area contributed by atoms with E-state index in [2.05, 4.69) is 4.98 Å². The van der Waals surface area contributed by atoms with Gasteiger partial charge in [0.05, 0.1) is 6.20 Å². The Hall–Kier alpha value is -2.08. The Morgan fingerprint density at radius 2 is 1.92 bits per heavy atom. The average Bonchev–Trinajstić information content (AvgIpc) is 2.60. The zero-order chi connectivity index (χ0) is 18.5. The maximum absolute atomic E-state index is 13.0. The number of carboxylic acids is 1. The minimum Gasteiger partial charge on any atom is -0.477 e. The molecule has 0 saturated carbocycles. The van der Waals surface area contributed by atoms with Crippen molar-refractivity contribution in [2.24, 2.45) is 0 Å². The van der Waals surface area contributed by atoms with Crippen LogP contribution in [0.1, 0.15) is 45.0 Å². The lowest BCUT2D eigenvalue weighted by Crippen LogP contribution is -2.03. The van der Waals surface area contributed by atoms with Crippen LogP contribution in [0, 0.1) is 5.82 Å². The summed E-state index contributed by atoms with van der Waals surface area (Å²) in [4.78, 5) is 15.7. The average molecular weight is 353 g/mol. The Labute approximate surface area is 147 Å².